The van der Waals surface area contributed by atoms with Crippen LogP contribution < -0.4 is 0 Å². The largest absolute Gasteiger partial charge is 0.520 e. The Labute approximate surface area is 88.7 Å². The van der Waals surface area contributed by atoms with E-state index in [0.717, 1.165) is 0 Å². The van der Waals surface area contributed by atoms with Gasteiger partial charge < -0.3 is 9.16 Å². The van der Waals surface area contributed by atoms with Crippen LogP contribution in [0.3, 0.4) is 0 Å². The van der Waals surface area contributed by atoms with Crippen LogP contribution in [0.4, 0.5) is 0 Å². The van der Waals surface area contributed by atoms with Crippen molar-refractivity contribution in [3.63, 3.8) is 0 Å². The molecule has 0 aliphatic rings. The van der Waals surface area contributed by atoms with E-state index >= 15 is 0 Å². The van der Waals surface area contributed by atoms with Gasteiger partial charge in [0.15, 0.2) is 0 Å². The van der Waals surface area contributed by atoms with E-state index < -0.39 is 8.32 Å². The third-order valence-electron chi connectivity index (χ3n) is 1.07. The maximum Gasteiger partial charge on any atom is 0.265 e. The van der Waals surface area contributed by atoms with Gasteiger partial charge in [0.2, 0.25) is 8.32 Å². The van der Waals surface area contributed by atoms with Gasteiger partial charge in [0.25, 0.3) is 5.95 Å². The standard InChI is InChI=1S/C11H22O2Si/c1-8-9-10(12-11(2,3)4)13-14(5,6)7/h8-9H,1H2,2-7H3/b10-9+. The molecule has 0 aliphatic heterocycles. The molecule has 0 N–H and O–H groups in total. The van der Waals surface area contributed by atoms with Gasteiger partial charge in [-0.3, -0.25) is 0 Å². The Morgan fingerprint density at radius 3 is 2.00 bits per heavy atom. The minimum Gasteiger partial charge on any atom is -0.520 e. The molecule has 0 aromatic rings. The summed E-state index contributed by atoms with van der Waals surface area (Å²) in [6.45, 7) is 16.0. The van der Waals surface area contributed by atoms with Crippen molar-refractivity contribution >= 4 is 8.32 Å². The highest BCUT2D eigenvalue weighted by molar-refractivity contribution is 6.69. The van der Waals surface area contributed by atoms with Crippen LogP contribution in [0.15, 0.2) is 24.7 Å². The molecule has 82 valence electrons. The third-order valence-corrected chi connectivity index (χ3v) is 1.88. The van der Waals surface area contributed by atoms with Gasteiger partial charge in [-0.15, -0.1) is 0 Å². The van der Waals surface area contributed by atoms with Crippen LogP contribution in [0.5, 0.6) is 0 Å². The van der Waals surface area contributed by atoms with Gasteiger partial charge in [-0.05, 0) is 40.4 Å². The van der Waals surface area contributed by atoms with Gasteiger partial charge in [-0.1, -0.05) is 12.7 Å². The predicted molar refractivity (Wildman–Crippen MR) is 63.5 cm³/mol. The molecule has 0 radical (unpaired) electrons. The van der Waals surface area contributed by atoms with Crippen molar-refractivity contribution in [2.75, 3.05) is 0 Å². The van der Waals surface area contributed by atoms with Gasteiger partial charge in [0, 0.05) is 6.08 Å². The zero-order valence-electron chi connectivity index (χ0n) is 10.2. The molecule has 0 aliphatic carbocycles. The van der Waals surface area contributed by atoms with Crippen molar-refractivity contribution in [1.82, 2.24) is 0 Å². The minimum absolute atomic E-state index is 0.228. The highest BCUT2D eigenvalue weighted by atomic mass is 28.4. The Morgan fingerprint density at radius 1 is 1.21 bits per heavy atom. The number of allylic oxidation sites excluding steroid dienone is 2. The van der Waals surface area contributed by atoms with E-state index in [4.69, 9.17) is 9.16 Å². The molecule has 3 heteroatoms. The molecule has 0 saturated heterocycles. The lowest BCUT2D eigenvalue weighted by Gasteiger charge is -2.27. The highest BCUT2D eigenvalue weighted by Gasteiger charge is 2.21. The molecule has 0 saturated carbocycles. The van der Waals surface area contributed by atoms with E-state index in [-0.39, 0.29) is 5.60 Å². The molecular weight excluding hydrogens is 192 g/mol. The summed E-state index contributed by atoms with van der Waals surface area (Å²) in [5, 5.41) is 0. The molecule has 0 fully saturated rings. The second-order valence-corrected chi connectivity index (χ2v) is 9.58. The van der Waals surface area contributed by atoms with E-state index in [1.165, 1.54) is 0 Å². The van der Waals surface area contributed by atoms with Crippen LogP contribution in [0, 0.1) is 0 Å². The zero-order chi connectivity index (χ0) is 11.4. The molecule has 0 aromatic carbocycles. The maximum atomic E-state index is 5.76. The van der Waals surface area contributed by atoms with Crippen LogP contribution in [-0.2, 0) is 9.16 Å². The zero-order valence-corrected chi connectivity index (χ0v) is 11.2. The highest BCUT2D eigenvalue weighted by Crippen LogP contribution is 2.18. The summed E-state index contributed by atoms with van der Waals surface area (Å²) in [7, 11) is -1.60. The van der Waals surface area contributed by atoms with E-state index in [1.807, 2.05) is 20.8 Å². The fourth-order valence-corrected chi connectivity index (χ4v) is 1.50. The summed E-state index contributed by atoms with van der Waals surface area (Å²) in [5.74, 6) is 0.576. The van der Waals surface area contributed by atoms with Crippen molar-refractivity contribution in [1.29, 1.82) is 0 Å². The first-order valence-corrected chi connectivity index (χ1v) is 8.26. The fraction of sp³-hybridized carbons (Fsp3) is 0.636. The minimum atomic E-state index is -1.60. The van der Waals surface area contributed by atoms with Crippen molar-refractivity contribution in [3.05, 3.63) is 24.7 Å². The normalized spacial score (nSPS) is 13.7. The molecule has 0 rings (SSSR count). The summed E-state index contributed by atoms with van der Waals surface area (Å²) < 4.78 is 11.4. The number of hydrogen-bond donors (Lipinski definition) is 0. The van der Waals surface area contributed by atoms with E-state index in [9.17, 15) is 0 Å². The monoisotopic (exact) mass is 214 g/mol. The van der Waals surface area contributed by atoms with Crippen LogP contribution in [-0.4, -0.2) is 13.9 Å². The molecule has 0 bridgehead atoms. The molecular formula is C11H22O2Si. The predicted octanol–water partition coefficient (Wildman–Crippen LogP) is 3.68. The third kappa shape index (κ3) is 7.92. The summed E-state index contributed by atoms with van der Waals surface area (Å²) >= 11 is 0. The van der Waals surface area contributed by atoms with Crippen molar-refractivity contribution in [2.45, 2.75) is 46.0 Å². The number of rotatable bonds is 4. The van der Waals surface area contributed by atoms with Gasteiger partial charge in [0.05, 0.1) is 0 Å². The summed E-state index contributed by atoms with van der Waals surface area (Å²) in [4.78, 5) is 0. The lowest BCUT2D eigenvalue weighted by molar-refractivity contribution is -0.00809. The second-order valence-electron chi connectivity index (χ2n) is 5.15. The van der Waals surface area contributed by atoms with Crippen molar-refractivity contribution in [2.24, 2.45) is 0 Å². The average Bonchev–Trinajstić information content (AvgIpc) is 1.78. The van der Waals surface area contributed by atoms with Gasteiger partial charge in [-0.2, -0.15) is 0 Å². The SMILES string of the molecule is C=C/C=C(\OC(C)(C)C)O[Si](C)(C)C. The Balaban J connectivity index is 4.48. The quantitative estimate of drug-likeness (QED) is 0.404. The first kappa shape index (κ1) is 13.3. The van der Waals surface area contributed by atoms with Crippen LogP contribution >= 0.6 is 0 Å². The number of ether oxygens (including phenoxy) is 1. The summed E-state index contributed by atoms with van der Waals surface area (Å²) in [5.41, 5.74) is -0.228. The Kier molecular flexibility index (Phi) is 4.45. The van der Waals surface area contributed by atoms with Gasteiger partial charge in [-0.25, -0.2) is 0 Å². The Hall–Kier alpha value is -0.703. The van der Waals surface area contributed by atoms with Crippen molar-refractivity contribution < 1.29 is 9.16 Å². The van der Waals surface area contributed by atoms with Crippen LogP contribution in [0.25, 0.3) is 0 Å². The Bertz CT molecular complexity index is 200. The molecule has 14 heavy (non-hydrogen) atoms. The van der Waals surface area contributed by atoms with E-state index in [2.05, 4.69) is 26.2 Å². The first-order chi connectivity index (χ1) is 6.14. The molecule has 0 unspecified atom stereocenters. The molecule has 0 heterocycles. The molecule has 0 amide bonds. The topological polar surface area (TPSA) is 18.5 Å². The second kappa shape index (κ2) is 4.69. The molecule has 0 spiro atoms. The molecule has 2 nitrogen and oxygen atoms in total. The van der Waals surface area contributed by atoms with Gasteiger partial charge in [0.1, 0.15) is 5.60 Å². The molecule has 0 aromatic heterocycles. The lowest BCUT2D eigenvalue weighted by Crippen LogP contribution is -2.29. The Morgan fingerprint density at radius 2 is 1.71 bits per heavy atom. The average molecular weight is 214 g/mol. The van der Waals surface area contributed by atoms with Gasteiger partial charge >= 0.3 is 0 Å². The summed E-state index contributed by atoms with van der Waals surface area (Å²) in [6, 6.07) is 0. The fourth-order valence-electron chi connectivity index (χ4n) is 0.789. The summed E-state index contributed by atoms with van der Waals surface area (Å²) in [6.07, 6.45) is 3.45. The number of hydrogen-bond acceptors (Lipinski definition) is 2. The van der Waals surface area contributed by atoms with Crippen molar-refractivity contribution in [3.8, 4) is 0 Å². The van der Waals surface area contributed by atoms with E-state index in [0.29, 0.717) is 5.95 Å². The molecule has 0 atom stereocenters. The van der Waals surface area contributed by atoms with Crippen LogP contribution in [0.1, 0.15) is 20.8 Å². The van der Waals surface area contributed by atoms with E-state index in [1.54, 1.807) is 12.2 Å². The smallest absolute Gasteiger partial charge is 0.265 e. The lowest BCUT2D eigenvalue weighted by atomic mass is 10.2. The maximum absolute atomic E-state index is 5.76. The van der Waals surface area contributed by atoms with Crippen LogP contribution in [0.2, 0.25) is 19.6 Å². The first-order valence-electron chi connectivity index (χ1n) is 4.85.